The van der Waals surface area contributed by atoms with Crippen molar-refractivity contribution in [1.82, 2.24) is 9.99 Å². The molecule has 0 saturated heterocycles. The fourth-order valence-corrected chi connectivity index (χ4v) is 4.25. The van der Waals surface area contributed by atoms with Gasteiger partial charge in [-0.1, -0.05) is 29.8 Å². The summed E-state index contributed by atoms with van der Waals surface area (Å²) in [6.07, 6.45) is 1.56. The van der Waals surface area contributed by atoms with Crippen LogP contribution < -0.4 is 14.9 Å². The summed E-state index contributed by atoms with van der Waals surface area (Å²) in [5.41, 5.74) is 9.41. The molecule has 36 heavy (non-hydrogen) atoms. The van der Waals surface area contributed by atoms with Gasteiger partial charge in [0.2, 0.25) is 0 Å². The smallest absolute Gasteiger partial charge is 0.271 e. The molecule has 7 heteroatoms. The first kappa shape index (κ1) is 25.3. The van der Waals surface area contributed by atoms with Crippen LogP contribution in [0, 0.1) is 20.8 Å². The van der Waals surface area contributed by atoms with Gasteiger partial charge in [-0.25, -0.2) is 5.43 Å². The van der Waals surface area contributed by atoms with E-state index in [9.17, 15) is 4.79 Å². The molecule has 1 aromatic heterocycles. The molecular weight excluding hydrogens is 518 g/mol. The Labute approximate surface area is 219 Å². The van der Waals surface area contributed by atoms with Crippen LogP contribution in [-0.4, -0.2) is 23.8 Å². The summed E-state index contributed by atoms with van der Waals surface area (Å²) in [4.78, 5) is 12.6. The van der Waals surface area contributed by atoms with Crippen LogP contribution in [0.5, 0.6) is 11.5 Å². The van der Waals surface area contributed by atoms with E-state index in [4.69, 9.17) is 9.47 Å². The maximum atomic E-state index is 12.6. The van der Waals surface area contributed by atoms with Gasteiger partial charge >= 0.3 is 0 Å². The minimum absolute atomic E-state index is 0.292. The van der Waals surface area contributed by atoms with Crippen molar-refractivity contribution >= 4 is 28.1 Å². The van der Waals surface area contributed by atoms with Crippen LogP contribution >= 0.6 is 15.9 Å². The van der Waals surface area contributed by atoms with E-state index >= 15 is 0 Å². The van der Waals surface area contributed by atoms with Gasteiger partial charge in [0.05, 0.1) is 13.3 Å². The van der Waals surface area contributed by atoms with Crippen LogP contribution in [0.1, 0.15) is 38.4 Å². The van der Waals surface area contributed by atoms with E-state index in [1.807, 2.05) is 30.3 Å². The monoisotopic (exact) mass is 545 g/mol. The van der Waals surface area contributed by atoms with Crippen molar-refractivity contribution in [2.24, 2.45) is 5.10 Å². The molecule has 4 aromatic rings. The zero-order chi connectivity index (χ0) is 25.7. The Morgan fingerprint density at radius 1 is 0.944 bits per heavy atom. The molecule has 0 unspecified atom stereocenters. The zero-order valence-corrected chi connectivity index (χ0v) is 22.3. The second-order valence-electron chi connectivity index (χ2n) is 8.50. The number of hydrogen-bond acceptors (Lipinski definition) is 4. The third-order valence-electron chi connectivity index (χ3n) is 5.83. The molecule has 0 aliphatic carbocycles. The van der Waals surface area contributed by atoms with E-state index in [1.54, 1.807) is 31.5 Å². The number of methoxy groups -OCH3 is 1. The van der Waals surface area contributed by atoms with Gasteiger partial charge in [-0.15, -0.1) is 0 Å². The largest absolute Gasteiger partial charge is 0.493 e. The number of carbonyl (C=O) groups is 1. The highest BCUT2D eigenvalue weighted by atomic mass is 79.9. The lowest BCUT2D eigenvalue weighted by Crippen LogP contribution is -2.17. The number of carbonyl (C=O) groups excluding carboxylic acids is 1. The normalized spacial score (nSPS) is 11.0. The van der Waals surface area contributed by atoms with Crippen molar-refractivity contribution in [3.63, 3.8) is 0 Å². The first-order chi connectivity index (χ1) is 17.4. The highest BCUT2D eigenvalue weighted by molar-refractivity contribution is 9.10. The van der Waals surface area contributed by atoms with Crippen molar-refractivity contribution < 1.29 is 14.3 Å². The van der Waals surface area contributed by atoms with Crippen LogP contribution in [0.4, 0.5) is 0 Å². The lowest BCUT2D eigenvalue weighted by Gasteiger charge is -2.13. The van der Waals surface area contributed by atoms with Gasteiger partial charge in [0.25, 0.3) is 5.91 Å². The highest BCUT2D eigenvalue weighted by Crippen LogP contribution is 2.33. The molecule has 6 nitrogen and oxygen atoms in total. The summed E-state index contributed by atoms with van der Waals surface area (Å²) in [6.45, 7) is 6.58. The molecule has 0 bridgehead atoms. The number of nitrogens with zero attached hydrogens (tertiary/aromatic N) is 2. The summed E-state index contributed by atoms with van der Waals surface area (Å²) in [7, 11) is 1.59. The molecule has 0 saturated carbocycles. The number of ether oxygens (including phenoxy) is 2. The number of aryl methyl sites for hydroxylation is 3. The Morgan fingerprint density at radius 2 is 1.61 bits per heavy atom. The molecular formula is C29H28BrN3O3. The summed E-state index contributed by atoms with van der Waals surface area (Å²) in [5, 5.41) is 4.13. The molecule has 1 amide bonds. The van der Waals surface area contributed by atoms with Gasteiger partial charge in [-0.05, 0) is 90.8 Å². The van der Waals surface area contributed by atoms with Crippen molar-refractivity contribution in [2.75, 3.05) is 7.11 Å². The van der Waals surface area contributed by atoms with E-state index in [2.05, 4.69) is 76.1 Å². The molecule has 0 radical (unpaired) electrons. The summed E-state index contributed by atoms with van der Waals surface area (Å²) in [5.74, 6) is 0.892. The molecule has 0 spiro atoms. The molecule has 0 fully saturated rings. The van der Waals surface area contributed by atoms with Crippen LogP contribution in [0.3, 0.4) is 0 Å². The van der Waals surface area contributed by atoms with Gasteiger partial charge in [-0.2, -0.15) is 5.10 Å². The van der Waals surface area contributed by atoms with Gasteiger partial charge in [0.1, 0.15) is 6.61 Å². The number of nitrogens with one attached hydrogen (secondary N) is 1. The van der Waals surface area contributed by atoms with Crippen LogP contribution in [-0.2, 0) is 6.61 Å². The van der Waals surface area contributed by atoms with E-state index < -0.39 is 0 Å². The average molecular weight is 546 g/mol. The number of amides is 1. The number of benzene rings is 3. The minimum atomic E-state index is -0.292. The Kier molecular flexibility index (Phi) is 7.90. The first-order valence-corrected chi connectivity index (χ1v) is 12.3. The number of halogens is 1. The standard InChI is InChI=1S/C29H28BrN3O3/c1-19-5-9-22(10-6-19)18-36-28-16-26(30)24(15-27(28)35-4)17-31-32-29(34)23-11-13-25(14-12-23)33-20(2)7-8-21(33)3/h5-17H,18H2,1-4H3,(H,32,34). The third-order valence-corrected chi connectivity index (χ3v) is 6.51. The van der Waals surface area contributed by atoms with Crippen molar-refractivity contribution in [2.45, 2.75) is 27.4 Å². The SMILES string of the molecule is COc1cc(C=NNC(=O)c2ccc(-n3c(C)ccc3C)cc2)c(Br)cc1OCc1ccc(C)cc1. The Hall–Kier alpha value is -3.84. The lowest BCUT2D eigenvalue weighted by atomic mass is 10.1. The van der Waals surface area contributed by atoms with Crippen molar-refractivity contribution in [3.8, 4) is 17.2 Å². The van der Waals surface area contributed by atoms with Gasteiger partial charge < -0.3 is 14.0 Å². The van der Waals surface area contributed by atoms with Gasteiger partial charge in [-0.3, -0.25) is 4.79 Å². The van der Waals surface area contributed by atoms with Gasteiger partial charge in [0.15, 0.2) is 11.5 Å². The van der Waals surface area contributed by atoms with Crippen LogP contribution in [0.25, 0.3) is 5.69 Å². The van der Waals surface area contributed by atoms with Crippen molar-refractivity contribution in [3.05, 3.63) is 111 Å². The lowest BCUT2D eigenvalue weighted by molar-refractivity contribution is 0.0955. The van der Waals surface area contributed by atoms with Crippen LogP contribution in [0.15, 0.2) is 82.4 Å². The summed E-state index contributed by atoms with van der Waals surface area (Å²) >= 11 is 3.56. The van der Waals surface area contributed by atoms with E-state index in [-0.39, 0.29) is 5.91 Å². The maximum Gasteiger partial charge on any atom is 0.271 e. The Balaban J connectivity index is 1.41. The predicted octanol–water partition coefficient (Wildman–Crippen LogP) is 6.52. The maximum absolute atomic E-state index is 12.6. The molecule has 0 aliphatic rings. The number of rotatable bonds is 8. The Bertz CT molecular complexity index is 1370. The second kappa shape index (κ2) is 11.3. The van der Waals surface area contributed by atoms with Crippen LogP contribution in [0.2, 0.25) is 0 Å². The number of hydrazone groups is 1. The summed E-state index contributed by atoms with van der Waals surface area (Å²) < 4.78 is 14.4. The number of aromatic nitrogens is 1. The second-order valence-corrected chi connectivity index (χ2v) is 9.35. The molecule has 1 N–H and O–H groups in total. The topological polar surface area (TPSA) is 64.8 Å². The van der Waals surface area contributed by atoms with Crippen molar-refractivity contribution in [1.29, 1.82) is 0 Å². The van der Waals surface area contributed by atoms with E-state index in [1.165, 1.54) is 5.56 Å². The average Bonchev–Trinajstić information content (AvgIpc) is 3.22. The quantitative estimate of drug-likeness (QED) is 0.202. The molecule has 1 heterocycles. The number of hydrogen-bond donors (Lipinski definition) is 1. The highest BCUT2D eigenvalue weighted by Gasteiger charge is 2.11. The predicted molar refractivity (Wildman–Crippen MR) is 147 cm³/mol. The van der Waals surface area contributed by atoms with E-state index in [0.717, 1.165) is 32.7 Å². The minimum Gasteiger partial charge on any atom is -0.493 e. The molecule has 0 aliphatic heterocycles. The zero-order valence-electron chi connectivity index (χ0n) is 20.7. The molecule has 3 aromatic carbocycles. The molecule has 4 rings (SSSR count). The molecule has 184 valence electrons. The first-order valence-electron chi connectivity index (χ1n) is 11.5. The third kappa shape index (κ3) is 5.86. The fraction of sp³-hybridized carbons (Fsp3) is 0.172. The Morgan fingerprint density at radius 3 is 2.25 bits per heavy atom. The fourth-order valence-electron chi connectivity index (χ4n) is 3.83. The van der Waals surface area contributed by atoms with Gasteiger partial charge in [0, 0.05) is 32.7 Å². The van der Waals surface area contributed by atoms with E-state index in [0.29, 0.717) is 23.7 Å². The summed E-state index contributed by atoms with van der Waals surface area (Å²) in [6, 6.07) is 23.4. The molecule has 0 atom stereocenters.